The smallest absolute Gasteiger partial charge is 0.416 e. The van der Waals surface area contributed by atoms with Crippen molar-refractivity contribution in [3.63, 3.8) is 0 Å². The van der Waals surface area contributed by atoms with E-state index in [-0.39, 0.29) is 6.61 Å². The van der Waals surface area contributed by atoms with Crippen LogP contribution >= 0.6 is 0 Å². The third-order valence-electron chi connectivity index (χ3n) is 2.51. The number of ether oxygens (including phenoxy) is 1. The predicted molar refractivity (Wildman–Crippen MR) is 63.1 cm³/mol. The molecule has 1 unspecified atom stereocenters. The number of carbonyl (C=O) groups excluding carboxylic acids is 1. The van der Waals surface area contributed by atoms with Crippen molar-refractivity contribution < 1.29 is 27.6 Å². The van der Waals surface area contributed by atoms with Crippen LogP contribution in [-0.4, -0.2) is 17.5 Å². The lowest BCUT2D eigenvalue weighted by atomic mass is 9.96. The van der Waals surface area contributed by atoms with Crippen molar-refractivity contribution in [3.05, 3.63) is 39.4 Å². The topological polar surface area (TPSA) is 93.2 Å². The SMILES string of the molecule is CCOC(=O)C(C#N)c1cc(C(F)(F)F)ccc1[N+](=O)[O-]. The van der Waals surface area contributed by atoms with Crippen molar-refractivity contribution in [1.29, 1.82) is 5.26 Å². The number of nitriles is 1. The largest absolute Gasteiger partial charge is 0.465 e. The summed E-state index contributed by atoms with van der Waals surface area (Å²) < 4.78 is 42.5. The Morgan fingerprint density at radius 3 is 2.57 bits per heavy atom. The van der Waals surface area contributed by atoms with Gasteiger partial charge < -0.3 is 4.74 Å². The summed E-state index contributed by atoms with van der Waals surface area (Å²) >= 11 is 0. The molecule has 6 nitrogen and oxygen atoms in total. The third kappa shape index (κ3) is 3.68. The Kier molecular flexibility index (Phi) is 4.86. The van der Waals surface area contributed by atoms with Crippen LogP contribution in [0.3, 0.4) is 0 Å². The predicted octanol–water partition coefficient (Wildman–Crippen LogP) is 2.78. The van der Waals surface area contributed by atoms with Crippen molar-refractivity contribution >= 4 is 11.7 Å². The Hall–Kier alpha value is -2.63. The maximum Gasteiger partial charge on any atom is 0.416 e. The molecule has 0 saturated heterocycles. The highest BCUT2D eigenvalue weighted by molar-refractivity contribution is 5.83. The van der Waals surface area contributed by atoms with E-state index in [0.717, 1.165) is 0 Å². The Morgan fingerprint density at radius 1 is 1.52 bits per heavy atom. The highest BCUT2D eigenvalue weighted by Gasteiger charge is 2.36. The van der Waals surface area contributed by atoms with Gasteiger partial charge in [-0.2, -0.15) is 18.4 Å². The minimum Gasteiger partial charge on any atom is -0.465 e. The highest BCUT2D eigenvalue weighted by Crippen LogP contribution is 2.35. The number of nitrogens with zero attached hydrogens (tertiary/aromatic N) is 2. The van der Waals surface area contributed by atoms with Crippen LogP contribution in [-0.2, 0) is 15.7 Å². The number of carbonyl (C=O) groups is 1. The maximum absolute atomic E-state index is 12.6. The van der Waals surface area contributed by atoms with Crippen LogP contribution in [0.5, 0.6) is 0 Å². The Labute approximate surface area is 116 Å². The first kappa shape index (κ1) is 16.4. The van der Waals surface area contributed by atoms with E-state index in [1.807, 2.05) is 0 Å². The van der Waals surface area contributed by atoms with Crippen molar-refractivity contribution in [2.45, 2.75) is 19.0 Å². The second-order valence-electron chi connectivity index (χ2n) is 3.84. The number of nitro benzene ring substituents is 1. The van der Waals surface area contributed by atoms with Gasteiger partial charge in [-0.3, -0.25) is 14.9 Å². The van der Waals surface area contributed by atoms with Crippen LogP contribution in [0.2, 0.25) is 0 Å². The number of alkyl halides is 3. The van der Waals surface area contributed by atoms with Crippen molar-refractivity contribution in [1.82, 2.24) is 0 Å². The highest BCUT2D eigenvalue weighted by atomic mass is 19.4. The lowest BCUT2D eigenvalue weighted by Gasteiger charge is -2.12. The molecular formula is C12H9F3N2O4. The summed E-state index contributed by atoms with van der Waals surface area (Å²) in [6, 6.07) is 2.98. The van der Waals surface area contributed by atoms with E-state index in [0.29, 0.717) is 18.2 Å². The number of hydrogen-bond acceptors (Lipinski definition) is 5. The van der Waals surface area contributed by atoms with E-state index in [1.165, 1.54) is 13.0 Å². The fraction of sp³-hybridized carbons (Fsp3) is 0.333. The van der Waals surface area contributed by atoms with Crippen LogP contribution < -0.4 is 0 Å². The Bertz CT molecular complexity index is 608. The molecule has 0 aliphatic rings. The molecular weight excluding hydrogens is 293 g/mol. The van der Waals surface area contributed by atoms with Gasteiger partial charge in [0.1, 0.15) is 0 Å². The van der Waals surface area contributed by atoms with Gasteiger partial charge in [-0.25, -0.2) is 0 Å². The lowest BCUT2D eigenvalue weighted by molar-refractivity contribution is -0.385. The molecule has 1 aromatic rings. The molecule has 112 valence electrons. The Morgan fingerprint density at radius 2 is 2.14 bits per heavy atom. The minimum absolute atomic E-state index is 0.107. The Balaban J connectivity index is 3.45. The maximum atomic E-state index is 12.6. The van der Waals surface area contributed by atoms with Crippen molar-refractivity contribution in [3.8, 4) is 6.07 Å². The van der Waals surface area contributed by atoms with E-state index < -0.39 is 39.8 Å². The third-order valence-corrected chi connectivity index (χ3v) is 2.51. The molecule has 0 amide bonds. The zero-order chi connectivity index (χ0) is 16.2. The number of esters is 1. The van der Waals surface area contributed by atoms with E-state index >= 15 is 0 Å². The van der Waals surface area contributed by atoms with E-state index in [4.69, 9.17) is 5.26 Å². The number of rotatable bonds is 4. The van der Waals surface area contributed by atoms with Crippen LogP contribution in [0.4, 0.5) is 18.9 Å². The van der Waals surface area contributed by atoms with Gasteiger partial charge in [0.15, 0.2) is 5.92 Å². The van der Waals surface area contributed by atoms with Gasteiger partial charge in [-0.15, -0.1) is 0 Å². The summed E-state index contributed by atoms with van der Waals surface area (Å²) in [6.45, 7) is 1.33. The first-order chi connectivity index (χ1) is 9.72. The lowest BCUT2D eigenvalue weighted by Crippen LogP contribution is -2.17. The van der Waals surface area contributed by atoms with E-state index in [9.17, 15) is 28.1 Å². The first-order valence-corrected chi connectivity index (χ1v) is 5.64. The standard InChI is InChI=1S/C12H9F3N2O4/c1-2-21-11(18)9(6-16)8-5-7(12(13,14)15)3-4-10(8)17(19)20/h3-5,9H,2H2,1H3. The molecule has 1 rings (SSSR count). The van der Waals surface area contributed by atoms with E-state index in [1.54, 1.807) is 0 Å². The molecule has 0 fully saturated rings. The normalized spacial score (nSPS) is 12.3. The molecule has 0 aromatic heterocycles. The van der Waals surface area contributed by atoms with Crippen LogP contribution in [0, 0.1) is 21.4 Å². The molecule has 0 N–H and O–H groups in total. The molecule has 1 atom stereocenters. The summed E-state index contributed by atoms with van der Waals surface area (Å²) in [5.74, 6) is -2.94. The van der Waals surface area contributed by atoms with Crippen molar-refractivity contribution in [2.75, 3.05) is 6.61 Å². The molecule has 0 saturated carbocycles. The molecule has 0 radical (unpaired) electrons. The molecule has 0 heterocycles. The monoisotopic (exact) mass is 302 g/mol. The fourth-order valence-corrected chi connectivity index (χ4v) is 1.60. The zero-order valence-corrected chi connectivity index (χ0v) is 10.7. The molecule has 1 aromatic carbocycles. The molecule has 0 aliphatic carbocycles. The molecule has 9 heteroatoms. The summed E-state index contributed by atoms with van der Waals surface area (Å²) in [4.78, 5) is 21.4. The van der Waals surface area contributed by atoms with E-state index in [2.05, 4.69) is 4.74 Å². The fourth-order valence-electron chi connectivity index (χ4n) is 1.60. The number of nitro groups is 1. The first-order valence-electron chi connectivity index (χ1n) is 5.64. The zero-order valence-electron chi connectivity index (χ0n) is 10.7. The van der Waals surface area contributed by atoms with Gasteiger partial charge in [0.25, 0.3) is 5.69 Å². The van der Waals surface area contributed by atoms with Crippen LogP contribution in [0.1, 0.15) is 24.0 Å². The van der Waals surface area contributed by atoms with Gasteiger partial charge in [0.05, 0.1) is 28.7 Å². The second kappa shape index (κ2) is 6.21. The summed E-state index contributed by atoms with van der Waals surface area (Å²) in [7, 11) is 0. The summed E-state index contributed by atoms with van der Waals surface area (Å²) in [6.07, 6.45) is -4.75. The van der Waals surface area contributed by atoms with Gasteiger partial charge in [0.2, 0.25) is 0 Å². The minimum atomic E-state index is -4.75. The van der Waals surface area contributed by atoms with Crippen molar-refractivity contribution in [2.24, 2.45) is 0 Å². The summed E-state index contributed by atoms with van der Waals surface area (Å²) in [5, 5.41) is 19.8. The number of benzene rings is 1. The molecule has 0 bridgehead atoms. The van der Waals surface area contributed by atoms with Gasteiger partial charge in [-0.1, -0.05) is 0 Å². The summed E-state index contributed by atoms with van der Waals surface area (Å²) in [5.41, 5.74) is -2.58. The number of halogens is 3. The van der Waals surface area contributed by atoms with Gasteiger partial charge in [-0.05, 0) is 19.1 Å². The van der Waals surface area contributed by atoms with Gasteiger partial charge in [0, 0.05) is 6.07 Å². The molecule has 21 heavy (non-hydrogen) atoms. The average molecular weight is 302 g/mol. The second-order valence-corrected chi connectivity index (χ2v) is 3.84. The number of hydrogen-bond donors (Lipinski definition) is 0. The van der Waals surface area contributed by atoms with Crippen LogP contribution in [0.15, 0.2) is 18.2 Å². The molecule has 0 spiro atoms. The quantitative estimate of drug-likeness (QED) is 0.484. The van der Waals surface area contributed by atoms with Gasteiger partial charge >= 0.3 is 12.1 Å². The van der Waals surface area contributed by atoms with Crippen LogP contribution in [0.25, 0.3) is 0 Å². The average Bonchev–Trinajstić information content (AvgIpc) is 2.38. The molecule has 0 aliphatic heterocycles.